The first-order chi connectivity index (χ1) is 11.5. The fourth-order valence-corrected chi connectivity index (χ4v) is 3.16. The van der Waals surface area contributed by atoms with Gasteiger partial charge in [0.25, 0.3) is 0 Å². The zero-order valence-corrected chi connectivity index (χ0v) is 15.1. The minimum Gasteiger partial charge on any atom is -0.441 e. The van der Waals surface area contributed by atoms with Gasteiger partial charge >= 0.3 is 0 Å². The zero-order valence-electron chi connectivity index (χ0n) is 14.2. The van der Waals surface area contributed by atoms with Crippen molar-refractivity contribution in [3.05, 3.63) is 41.8 Å². The highest BCUT2D eigenvalue weighted by Crippen LogP contribution is 2.22. The molecule has 0 aliphatic heterocycles. The van der Waals surface area contributed by atoms with Crippen molar-refractivity contribution in [1.82, 2.24) is 15.2 Å². The lowest BCUT2D eigenvalue weighted by molar-refractivity contribution is -0.118. The highest BCUT2D eigenvalue weighted by atomic mass is 32.2. The summed E-state index contributed by atoms with van der Waals surface area (Å²) in [5.74, 6) is 1.12. The summed E-state index contributed by atoms with van der Waals surface area (Å²) in [4.78, 5) is 18.2. The molecule has 1 amide bonds. The van der Waals surface area contributed by atoms with E-state index >= 15 is 0 Å². The number of oxazole rings is 1. The highest BCUT2D eigenvalue weighted by molar-refractivity contribution is 7.84. The first-order valence-electron chi connectivity index (χ1n) is 7.74. The number of benzene rings is 1. The normalized spacial score (nSPS) is 12.3. The van der Waals surface area contributed by atoms with Gasteiger partial charge in [0.1, 0.15) is 11.5 Å². The van der Waals surface area contributed by atoms with Crippen LogP contribution in [0.1, 0.15) is 11.5 Å². The fourth-order valence-electron chi connectivity index (χ4n) is 2.09. The van der Waals surface area contributed by atoms with Crippen molar-refractivity contribution in [3.8, 4) is 11.5 Å². The van der Waals surface area contributed by atoms with Gasteiger partial charge in [-0.1, -0.05) is 18.2 Å². The maximum atomic E-state index is 12.2. The summed E-state index contributed by atoms with van der Waals surface area (Å²) in [6.07, 6.45) is 0. The monoisotopic (exact) mass is 349 g/mol. The number of hydrogen-bond acceptors (Lipinski definition) is 5. The molecule has 2 aromatic rings. The number of likely N-dealkylation sites (N-methyl/N-ethyl adjacent to an activating group) is 1. The van der Waals surface area contributed by atoms with E-state index in [2.05, 4.69) is 10.3 Å². The van der Waals surface area contributed by atoms with Crippen LogP contribution in [-0.2, 0) is 21.3 Å². The van der Waals surface area contributed by atoms with Crippen LogP contribution in [-0.4, -0.2) is 52.9 Å². The third-order valence-corrected chi connectivity index (χ3v) is 4.56. The van der Waals surface area contributed by atoms with Crippen molar-refractivity contribution >= 4 is 16.7 Å². The summed E-state index contributed by atoms with van der Waals surface area (Å²) >= 11 is 0. The molecule has 1 atom stereocenters. The van der Waals surface area contributed by atoms with Crippen LogP contribution in [0.15, 0.2) is 34.7 Å². The molecule has 7 heteroatoms. The molecule has 0 bridgehead atoms. The van der Waals surface area contributed by atoms with Gasteiger partial charge < -0.3 is 14.6 Å². The second-order valence-corrected chi connectivity index (χ2v) is 7.23. The number of aryl methyl sites for hydroxylation is 1. The van der Waals surface area contributed by atoms with Crippen LogP contribution < -0.4 is 5.32 Å². The SMILES string of the molecule is Cc1oc(-c2ccccc2)nc1C[S@](=O)CC(=O)NCCN(C)C. The average molecular weight is 349 g/mol. The van der Waals surface area contributed by atoms with Gasteiger partial charge in [-0.05, 0) is 33.2 Å². The first-order valence-corrected chi connectivity index (χ1v) is 9.22. The number of aromatic nitrogens is 1. The number of carbonyl (C=O) groups excluding carboxylic acids is 1. The van der Waals surface area contributed by atoms with Crippen molar-refractivity contribution in [1.29, 1.82) is 0 Å². The molecule has 24 heavy (non-hydrogen) atoms. The number of nitrogens with one attached hydrogen (secondary N) is 1. The van der Waals surface area contributed by atoms with Crippen LogP contribution in [0.2, 0.25) is 0 Å². The second-order valence-electron chi connectivity index (χ2n) is 5.77. The van der Waals surface area contributed by atoms with Gasteiger partial charge in [-0.3, -0.25) is 9.00 Å². The molecular weight excluding hydrogens is 326 g/mol. The van der Waals surface area contributed by atoms with Crippen LogP contribution in [0, 0.1) is 6.92 Å². The molecule has 6 nitrogen and oxygen atoms in total. The Morgan fingerprint density at radius 3 is 2.67 bits per heavy atom. The number of amides is 1. The lowest BCUT2D eigenvalue weighted by atomic mass is 10.2. The molecule has 130 valence electrons. The minimum absolute atomic E-state index is 0.0274. The van der Waals surface area contributed by atoms with Gasteiger partial charge in [-0.25, -0.2) is 4.98 Å². The largest absolute Gasteiger partial charge is 0.441 e. The van der Waals surface area contributed by atoms with Crippen LogP contribution >= 0.6 is 0 Å². The molecule has 0 aliphatic rings. The van der Waals surface area contributed by atoms with E-state index in [1.165, 1.54) is 0 Å². The molecule has 1 aromatic heterocycles. The van der Waals surface area contributed by atoms with E-state index in [4.69, 9.17) is 4.42 Å². The standard InChI is InChI=1S/C17H23N3O3S/c1-13-15(19-17(23-13)14-7-5-4-6-8-14)11-24(22)12-16(21)18-9-10-20(2)3/h4-8H,9-12H2,1-3H3,(H,18,21)/t24-/m0/s1. The van der Waals surface area contributed by atoms with E-state index in [9.17, 15) is 9.00 Å². The molecule has 0 spiro atoms. The number of carbonyl (C=O) groups is 1. The Balaban J connectivity index is 1.90. The molecule has 0 fully saturated rings. The van der Waals surface area contributed by atoms with Gasteiger partial charge in [0.15, 0.2) is 0 Å². The molecule has 1 heterocycles. The summed E-state index contributed by atoms with van der Waals surface area (Å²) in [5, 5.41) is 2.76. The van der Waals surface area contributed by atoms with E-state index in [1.807, 2.05) is 49.3 Å². The van der Waals surface area contributed by atoms with Crippen LogP contribution in [0.4, 0.5) is 0 Å². The zero-order chi connectivity index (χ0) is 17.5. The molecular formula is C17H23N3O3S. The summed E-state index contributed by atoms with van der Waals surface area (Å²) in [6.45, 7) is 3.09. The van der Waals surface area contributed by atoms with Crippen LogP contribution in [0.5, 0.6) is 0 Å². The topological polar surface area (TPSA) is 75.4 Å². The van der Waals surface area contributed by atoms with Gasteiger partial charge in [0, 0.05) is 29.5 Å². The second kappa shape index (κ2) is 8.75. The summed E-state index contributed by atoms with van der Waals surface area (Å²) < 4.78 is 17.8. The van der Waals surface area contributed by atoms with Crippen molar-refractivity contribution in [2.75, 3.05) is 32.9 Å². The number of nitrogens with zero attached hydrogens (tertiary/aromatic N) is 2. The summed E-state index contributed by atoms with van der Waals surface area (Å²) in [5.41, 5.74) is 1.51. The smallest absolute Gasteiger partial charge is 0.232 e. The van der Waals surface area contributed by atoms with Crippen molar-refractivity contribution < 1.29 is 13.4 Å². The Labute approximate surface area is 144 Å². The van der Waals surface area contributed by atoms with E-state index in [1.54, 1.807) is 6.92 Å². The highest BCUT2D eigenvalue weighted by Gasteiger charge is 2.15. The van der Waals surface area contributed by atoms with Crippen LogP contribution in [0.25, 0.3) is 11.5 Å². The molecule has 1 aromatic carbocycles. The predicted molar refractivity (Wildman–Crippen MR) is 95.0 cm³/mol. The van der Waals surface area contributed by atoms with Gasteiger partial charge in [0.05, 0.1) is 11.4 Å². The first kappa shape index (κ1) is 18.4. The Hall–Kier alpha value is -1.99. The van der Waals surface area contributed by atoms with Crippen molar-refractivity contribution in [2.24, 2.45) is 0 Å². The summed E-state index contributed by atoms with van der Waals surface area (Å²) in [6, 6.07) is 9.55. The van der Waals surface area contributed by atoms with Gasteiger partial charge in [0.2, 0.25) is 11.8 Å². The Bertz CT molecular complexity index is 698. The average Bonchev–Trinajstić information content (AvgIpc) is 2.88. The number of rotatable bonds is 8. The van der Waals surface area contributed by atoms with E-state index in [-0.39, 0.29) is 17.4 Å². The quantitative estimate of drug-likeness (QED) is 0.783. The van der Waals surface area contributed by atoms with E-state index < -0.39 is 10.8 Å². The summed E-state index contributed by atoms with van der Waals surface area (Å²) in [7, 11) is 2.55. The molecule has 0 radical (unpaired) electrons. The van der Waals surface area contributed by atoms with Crippen molar-refractivity contribution in [2.45, 2.75) is 12.7 Å². The fraction of sp³-hybridized carbons (Fsp3) is 0.412. The molecule has 0 aliphatic carbocycles. The minimum atomic E-state index is -1.32. The Kier molecular flexibility index (Phi) is 6.69. The Morgan fingerprint density at radius 1 is 1.29 bits per heavy atom. The molecule has 0 saturated heterocycles. The van der Waals surface area contributed by atoms with E-state index in [0.29, 0.717) is 23.9 Å². The van der Waals surface area contributed by atoms with Crippen LogP contribution in [0.3, 0.4) is 0 Å². The lowest BCUT2D eigenvalue weighted by Crippen LogP contribution is -2.34. The molecule has 0 unspecified atom stereocenters. The van der Waals surface area contributed by atoms with Gasteiger partial charge in [-0.2, -0.15) is 0 Å². The molecule has 2 rings (SSSR count). The van der Waals surface area contributed by atoms with Crippen molar-refractivity contribution in [3.63, 3.8) is 0 Å². The maximum absolute atomic E-state index is 12.2. The predicted octanol–water partition coefficient (Wildman–Crippen LogP) is 1.58. The third kappa shape index (κ3) is 5.58. The van der Waals surface area contributed by atoms with Gasteiger partial charge in [-0.15, -0.1) is 0 Å². The molecule has 0 saturated carbocycles. The maximum Gasteiger partial charge on any atom is 0.232 e. The third-order valence-electron chi connectivity index (χ3n) is 3.38. The molecule has 1 N–H and O–H groups in total. The number of hydrogen-bond donors (Lipinski definition) is 1. The lowest BCUT2D eigenvalue weighted by Gasteiger charge is -2.10. The van der Waals surface area contributed by atoms with E-state index in [0.717, 1.165) is 12.1 Å². The Morgan fingerprint density at radius 2 is 2.00 bits per heavy atom.